The molecule has 2 N–H and O–H groups in total. The summed E-state index contributed by atoms with van der Waals surface area (Å²) in [7, 11) is 0. The van der Waals surface area contributed by atoms with Crippen LogP contribution in [0.4, 0.5) is 5.69 Å². The number of amides is 2. The molecule has 0 fully saturated rings. The Morgan fingerprint density at radius 3 is 2.45 bits per heavy atom. The van der Waals surface area contributed by atoms with Crippen molar-refractivity contribution in [3.8, 4) is 5.75 Å². The fourth-order valence-corrected chi connectivity index (χ4v) is 3.17. The van der Waals surface area contributed by atoms with E-state index in [2.05, 4.69) is 15.8 Å². The van der Waals surface area contributed by atoms with Gasteiger partial charge in [0.15, 0.2) is 0 Å². The molecule has 8 heteroatoms. The van der Waals surface area contributed by atoms with Crippen molar-refractivity contribution in [2.75, 3.05) is 5.32 Å². The number of nitrogens with one attached hydrogen (secondary N) is 2. The second-order valence-corrected chi connectivity index (χ2v) is 7.98. The van der Waals surface area contributed by atoms with Crippen LogP contribution in [-0.2, 0) is 16.2 Å². The Balaban J connectivity index is 1.37. The summed E-state index contributed by atoms with van der Waals surface area (Å²) >= 11 is 11.8. The van der Waals surface area contributed by atoms with Gasteiger partial charge in [-0.3, -0.25) is 9.59 Å². The Labute approximate surface area is 202 Å². The van der Waals surface area contributed by atoms with E-state index in [-0.39, 0.29) is 24.7 Å². The fourth-order valence-electron chi connectivity index (χ4n) is 2.87. The number of nitrogens with zero attached hydrogens (tertiary/aromatic N) is 1. The monoisotopic (exact) mass is 483 g/mol. The molecule has 0 aromatic heterocycles. The first-order valence-corrected chi connectivity index (χ1v) is 11.1. The van der Waals surface area contributed by atoms with Crippen LogP contribution in [0.1, 0.15) is 30.4 Å². The zero-order chi connectivity index (χ0) is 23.5. The van der Waals surface area contributed by atoms with Gasteiger partial charge < -0.3 is 10.1 Å². The predicted octanol–water partition coefficient (Wildman–Crippen LogP) is 5.83. The molecule has 0 bridgehead atoms. The largest absolute Gasteiger partial charge is 0.489 e. The highest BCUT2D eigenvalue weighted by molar-refractivity contribution is 6.42. The van der Waals surface area contributed by atoms with Crippen LogP contribution < -0.4 is 15.5 Å². The Morgan fingerprint density at radius 2 is 1.67 bits per heavy atom. The number of benzene rings is 3. The van der Waals surface area contributed by atoms with Gasteiger partial charge in [0.1, 0.15) is 12.4 Å². The van der Waals surface area contributed by atoms with Gasteiger partial charge in [0, 0.05) is 18.5 Å². The average Bonchev–Trinajstić information content (AvgIpc) is 2.81. The van der Waals surface area contributed by atoms with E-state index in [1.165, 1.54) is 0 Å². The lowest BCUT2D eigenvalue weighted by molar-refractivity contribution is -0.121. The first kappa shape index (κ1) is 24.3. The summed E-state index contributed by atoms with van der Waals surface area (Å²) in [5.41, 5.74) is 4.90. The second kappa shape index (κ2) is 12.6. The van der Waals surface area contributed by atoms with E-state index in [4.69, 9.17) is 27.9 Å². The molecule has 0 aliphatic rings. The minimum absolute atomic E-state index is 0.173. The first-order valence-electron chi connectivity index (χ1n) is 10.3. The highest BCUT2D eigenvalue weighted by Crippen LogP contribution is 2.25. The van der Waals surface area contributed by atoms with Crippen molar-refractivity contribution in [2.45, 2.75) is 25.9 Å². The summed E-state index contributed by atoms with van der Waals surface area (Å²) in [6.45, 7) is 0.469. The van der Waals surface area contributed by atoms with E-state index < -0.39 is 0 Å². The normalized spacial score (nSPS) is 10.7. The molecule has 0 aliphatic heterocycles. The molecule has 0 saturated carbocycles. The lowest BCUT2D eigenvalue weighted by atomic mass is 10.2. The molecule has 0 atom stereocenters. The molecule has 0 unspecified atom stereocenters. The summed E-state index contributed by atoms with van der Waals surface area (Å²) in [6, 6.07) is 22.1. The lowest BCUT2D eigenvalue weighted by Gasteiger charge is -2.07. The molecule has 0 aliphatic carbocycles. The Morgan fingerprint density at radius 1 is 0.879 bits per heavy atom. The molecule has 3 aromatic rings. The molecule has 3 aromatic carbocycles. The smallest absolute Gasteiger partial charge is 0.240 e. The zero-order valence-electron chi connectivity index (χ0n) is 17.8. The van der Waals surface area contributed by atoms with Crippen LogP contribution in [-0.4, -0.2) is 18.0 Å². The van der Waals surface area contributed by atoms with Crippen molar-refractivity contribution in [3.05, 3.63) is 94.0 Å². The van der Waals surface area contributed by atoms with Crippen LogP contribution in [0.2, 0.25) is 10.0 Å². The average molecular weight is 484 g/mol. The molecular formula is C25H23Cl2N3O3. The molecule has 3 rings (SSSR count). The molecule has 170 valence electrons. The molecular weight excluding hydrogens is 461 g/mol. The number of ether oxygens (including phenoxy) is 1. The van der Waals surface area contributed by atoms with Crippen LogP contribution in [0.3, 0.4) is 0 Å². The molecule has 0 spiro atoms. The maximum atomic E-state index is 12.0. The second-order valence-electron chi connectivity index (χ2n) is 7.17. The number of anilines is 1. The molecule has 0 saturated heterocycles. The number of halogens is 2. The summed E-state index contributed by atoms with van der Waals surface area (Å²) in [6.07, 6.45) is 2.30. The highest BCUT2D eigenvalue weighted by Gasteiger charge is 2.07. The minimum atomic E-state index is -0.273. The Hall–Kier alpha value is -3.35. The van der Waals surface area contributed by atoms with Crippen LogP contribution in [0, 0.1) is 0 Å². The molecule has 0 heterocycles. The summed E-state index contributed by atoms with van der Waals surface area (Å²) in [5.74, 6) is 0.226. The lowest BCUT2D eigenvalue weighted by Crippen LogP contribution is -2.18. The van der Waals surface area contributed by atoms with Crippen molar-refractivity contribution in [2.24, 2.45) is 5.10 Å². The van der Waals surface area contributed by atoms with Crippen LogP contribution in [0.15, 0.2) is 77.9 Å². The van der Waals surface area contributed by atoms with Crippen molar-refractivity contribution in [3.63, 3.8) is 0 Å². The summed E-state index contributed by atoms with van der Waals surface area (Å²) in [4.78, 5) is 24.0. The third kappa shape index (κ3) is 8.60. The minimum Gasteiger partial charge on any atom is -0.489 e. The molecule has 2 amide bonds. The van der Waals surface area contributed by atoms with Gasteiger partial charge in [0.25, 0.3) is 0 Å². The topological polar surface area (TPSA) is 79.8 Å². The van der Waals surface area contributed by atoms with Gasteiger partial charge in [-0.1, -0.05) is 65.7 Å². The first-order chi connectivity index (χ1) is 16.0. The number of carbonyl (C=O) groups is 2. The maximum absolute atomic E-state index is 12.0. The SMILES string of the molecule is O=C(CCCC(=O)Nc1ccc(Cl)c(Cl)c1)N/N=C/c1cccc(OCc2ccccc2)c1. The van der Waals surface area contributed by atoms with E-state index in [9.17, 15) is 9.59 Å². The third-order valence-electron chi connectivity index (χ3n) is 4.52. The van der Waals surface area contributed by atoms with Gasteiger partial charge in [-0.2, -0.15) is 5.10 Å². The van der Waals surface area contributed by atoms with Gasteiger partial charge in [0.05, 0.1) is 16.3 Å². The van der Waals surface area contributed by atoms with Crippen molar-refractivity contribution >= 4 is 46.9 Å². The van der Waals surface area contributed by atoms with E-state index in [1.54, 1.807) is 24.4 Å². The standard InChI is InChI=1S/C25H23Cl2N3O3/c26-22-13-12-20(15-23(22)27)29-24(31)10-5-11-25(32)30-28-16-19-8-4-9-21(14-19)33-17-18-6-2-1-3-7-18/h1-4,6-9,12-16H,5,10-11,17H2,(H,29,31)(H,30,32)/b28-16+. The zero-order valence-corrected chi connectivity index (χ0v) is 19.3. The van der Waals surface area contributed by atoms with Crippen molar-refractivity contribution < 1.29 is 14.3 Å². The van der Waals surface area contributed by atoms with Crippen LogP contribution in [0.25, 0.3) is 0 Å². The van der Waals surface area contributed by atoms with Crippen molar-refractivity contribution in [1.82, 2.24) is 5.43 Å². The van der Waals surface area contributed by atoms with E-state index in [0.29, 0.717) is 34.5 Å². The van der Waals surface area contributed by atoms with Gasteiger partial charge in [0.2, 0.25) is 11.8 Å². The highest BCUT2D eigenvalue weighted by atomic mass is 35.5. The summed E-state index contributed by atoms with van der Waals surface area (Å²) < 4.78 is 5.79. The predicted molar refractivity (Wildman–Crippen MR) is 132 cm³/mol. The molecule has 0 radical (unpaired) electrons. The number of hydrazone groups is 1. The van der Waals surface area contributed by atoms with Gasteiger partial charge >= 0.3 is 0 Å². The van der Waals surface area contributed by atoms with E-state index in [0.717, 1.165) is 11.1 Å². The van der Waals surface area contributed by atoms with Crippen LogP contribution >= 0.6 is 23.2 Å². The number of hydrogen-bond donors (Lipinski definition) is 2. The number of carbonyl (C=O) groups excluding carboxylic acids is 2. The molecule has 33 heavy (non-hydrogen) atoms. The summed E-state index contributed by atoms with van der Waals surface area (Å²) in [5, 5.41) is 7.47. The molecule has 6 nitrogen and oxygen atoms in total. The van der Waals surface area contributed by atoms with Gasteiger partial charge in [-0.25, -0.2) is 5.43 Å². The van der Waals surface area contributed by atoms with E-state index in [1.807, 2.05) is 54.6 Å². The third-order valence-corrected chi connectivity index (χ3v) is 5.26. The van der Waals surface area contributed by atoms with Crippen LogP contribution in [0.5, 0.6) is 5.75 Å². The number of hydrogen-bond acceptors (Lipinski definition) is 4. The van der Waals surface area contributed by atoms with Gasteiger partial charge in [-0.15, -0.1) is 0 Å². The quantitative estimate of drug-likeness (QED) is 0.281. The maximum Gasteiger partial charge on any atom is 0.240 e. The number of rotatable bonds is 10. The van der Waals surface area contributed by atoms with E-state index >= 15 is 0 Å². The van der Waals surface area contributed by atoms with Crippen molar-refractivity contribution in [1.29, 1.82) is 0 Å². The Bertz CT molecular complexity index is 1120. The van der Waals surface area contributed by atoms with Gasteiger partial charge in [-0.05, 0) is 47.9 Å². The fraction of sp³-hybridized carbons (Fsp3) is 0.160. The Kier molecular flexibility index (Phi) is 9.30.